The van der Waals surface area contributed by atoms with E-state index in [4.69, 9.17) is 9.47 Å². The molecule has 0 radical (unpaired) electrons. The summed E-state index contributed by atoms with van der Waals surface area (Å²) >= 11 is 0. The molecule has 0 aromatic heterocycles. The van der Waals surface area contributed by atoms with E-state index in [1.807, 2.05) is 26.8 Å². The maximum absolute atomic E-state index is 12.4. The van der Waals surface area contributed by atoms with Gasteiger partial charge in [0.2, 0.25) is 0 Å². The molecule has 1 unspecified atom stereocenters. The Morgan fingerprint density at radius 2 is 1.69 bits per heavy atom. The van der Waals surface area contributed by atoms with E-state index in [2.05, 4.69) is 10.1 Å². The SMILES string of the molecule is COc1cc(C(C)NC(=O)c2ccc(OCC(F)(F)F)cc2)ccc1OC(C)C. The first-order valence-corrected chi connectivity index (χ1v) is 9.04. The van der Waals surface area contributed by atoms with E-state index in [0.29, 0.717) is 17.1 Å². The van der Waals surface area contributed by atoms with Crippen molar-refractivity contribution in [2.45, 2.75) is 39.1 Å². The summed E-state index contributed by atoms with van der Waals surface area (Å²) in [5.74, 6) is 0.849. The molecular formula is C21H24F3NO4. The molecule has 1 N–H and O–H groups in total. The Balaban J connectivity index is 2.03. The fraction of sp³-hybridized carbons (Fsp3) is 0.381. The maximum Gasteiger partial charge on any atom is 0.422 e. The number of benzene rings is 2. The molecule has 0 fully saturated rings. The topological polar surface area (TPSA) is 56.8 Å². The summed E-state index contributed by atoms with van der Waals surface area (Å²) < 4.78 is 52.2. The van der Waals surface area contributed by atoms with Gasteiger partial charge in [-0.2, -0.15) is 13.2 Å². The van der Waals surface area contributed by atoms with Crippen LogP contribution in [0.3, 0.4) is 0 Å². The highest BCUT2D eigenvalue weighted by Crippen LogP contribution is 2.31. The third kappa shape index (κ3) is 6.89. The zero-order valence-electron chi connectivity index (χ0n) is 16.7. The van der Waals surface area contributed by atoms with Crippen LogP contribution in [-0.4, -0.2) is 31.9 Å². The molecule has 2 aromatic carbocycles. The Hall–Kier alpha value is -2.90. The third-order valence-electron chi connectivity index (χ3n) is 3.92. The second-order valence-corrected chi connectivity index (χ2v) is 6.70. The van der Waals surface area contributed by atoms with Crippen LogP contribution in [0.1, 0.15) is 42.7 Å². The molecule has 0 saturated heterocycles. The molecule has 0 bridgehead atoms. The lowest BCUT2D eigenvalue weighted by molar-refractivity contribution is -0.153. The van der Waals surface area contributed by atoms with E-state index in [9.17, 15) is 18.0 Å². The van der Waals surface area contributed by atoms with Crippen molar-refractivity contribution in [2.75, 3.05) is 13.7 Å². The van der Waals surface area contributed by atoms with Crippen LogP contribution in [-0.2, 0) is 0 Å². The summed E-state index contributed by atoms with van der Waals surface area (Å²) in [5.41, 5.74) is 1.12. The van der Waals surface area contributed by atoms with E-state index in [1.165, 1.54) is 31.4 Å². The lowest BCUT2D eigenvalue weighted by Gasteiger charge is -2.18. The molecule has 29 heavy (non-hydrogen) atoms. The average Bonchev–Trinajstić information content (AvgIpc) is 2.66. The molecule has 0 aliphatic rings. The minimum Gasteiger partial charge on any atom is -0.493 e. The van der Waals surface area contributed by atoms with Crippen molar-refractivity contribution in [3.05, 3.63) is 53.6 Å². The average molecular weight is 411 g/mol. The number of alkyl halides is 3. The number of nitrogens with one attached hydrogen (secondary N) is 1. The predicted molar refractivity (Wildman–Crippen MR) is 103 cm³/mol. The van der Waals surface area contributed by atoms with E-state index in [-0.39, 0.29) is 23.8 Å². The van der Waals surface area contributed by atoms with Gasteiger partial charge in [-0.3, -0.25) is 4.79 Å². The van der Waals surface area contributed by atoms with Gasteiger partial charge in [-0.1, -0.05) is 6.07 Å². The minimum absolute atomic E-state index is 0.00467. The Kier molecular flexibility index (Phi) is 7.36. The van der Waals surface area contributed by atoms with Gasteiger partial charge in [0, 0.05) is 5.56 Å². The van der Waals surface area contributed by atoms with Crippen molar-refractivity contribution in [1.82, 2.24) is 5.32 Å². The normalized spacial score (nSPS) is 12.4. The van der Waals surface area contributed by atoms with Crippen molar-refractivity contribution >= 4 is 5.91 Å². The largest absolute Gasteiger partial charge is 0.493 e. The fourth-order valence-corrected chi connectivity index (χ4v) is 2.54. The lowest BCUT2D eigenvalue weighted by Crippen LogP contribution is -2.26. The van der Waals surface area contributed by atoms with Gasteiger partial charge in [-0.25, -0.2) is 0 Å². The molecule has 2 aromatic rings. The Morgan fingerprint density at radius 3 is 2.24 bits per heavy atom. The number of carbonyl (C=O) groups is 1. The third-order valence-corrected chi connectivity index (χ3v) is 3.92. The van der Waals surface area contributed by atoms with Crippen LogP contribution in [0, 0.1) is 0 Å². The summed E-state index contributed by atoms with van der Waals surface area (Å²) in [6.45, 7) is 4.26. The highest BCUT2D eigenvalue weighted by molar-refractivity contribution is 5.94. The Labute approximate surface area is 167 Å². The van der Waals surface area contributed by atoms with Gasteiger partial charge in [-0.05, 0) is 62.7 Å². The van der Waals surface area contributed by atoms with Crippen LogP contribution in [0.15, 0.2) is 42.5 Å². The number of ether oxygens (including phenoxy) is 3. The number of hydrogen-bond acceptors (Lipinski definition) is 4. The van der Waals surface area contributed by atoms with Gasteiger partial charge in [0.05, 0.1) is 19.3 Å². The fourth-order valence-electron chi connectivity index (χ4n) is 2.54. The quantitative estimate of drug-likeness (QED) is 0.670. The zero-order valence-corrected chi connectivity index (χ0v) is 16.7. The first-order valence-electron chi connectivity index (χ1n) is 9.04. The zero-order chi connectivity index (χ0) is 21.6. The van der Waals surface area contributed by atoms with E-state index in [0.717, 1.165) is 5.56 Å². The van der Waals surface area contributed by atoms with Crippen molar-refractivity contribution in [2.24, 2.45) is 0 Å². The summed E-state index contributed by atoms with van der Waals surface area (Å²) in [6.07, 6.45) is -4.42. The molecule has 1 amide bonds. The highest BCUT2D eigenvalue weighted by atomic mass is 19.4. The van der Waals surface area contributed by atoms with Gasteiger partial charge in [0.15, 0.2) is 18.1 Å². The van der Waals surface area contributed by atoms with Crippen LogP contribution < -0.4 is 19.5 Å². The van der Waals surface area contributed by atoms with Crippen LogP contribution in [0.5, 0.6) is 17.2 Å². The smallest absolute Gasteiger partial charge is 0.422 e. The van der Waals surface area contributed by atoms with Crippen molar-refractivity contribution in [3.8, 4) is 17.2 Å². The molecule has 1 atom stereocenters. The molecule has 0 spiro atoms. The van der Waals surface area contributed by atoms with Crippen LogP contribution >= 0.6 is 0 Å². The van der Waals surface area contributed by atoms with Crippen molar-refractivity contribution < 1.29 is 32.2 Å². The molecule has 0 aliphatic carbocycles. The Morgan fingerprint density at radius 1 is 1.03 bits per heavy atom. The number of amides is 1. The standard InChI is InChI=1S/C21H24F3NO4/c1-13(2)29-18-10-7-16(11-19(18)27-4)14(3)25-20(26)15-5-8-17(9-6-15)28-12-21(22,23)24/h5-11,13-14H,12H2,1-4H3,(H,25,26). The summed E-state index contributed by atoms with van der Waals surface area (Å²) in [7, 11) is 1.54. The Bertz CT molecular complexity index is 820. The van der Waals surface area contributed by atoms with Gasteiger partial charge in [-0.15, -0.1) is 0 Å². The van der Waals surface area contributed by atoms with Crippen LogP contribution in [0.4, 0.5) is 13.2 Å². The first-order chi connectivity index (χ1) is 13.6. The summed E-state index contributed by atoms with van der Waals surface area (Å²) in [5, 5.41) is 2.84. The summed E-state index contributed by atoms with van der Waals surface area (Å²) in [6, 6.07) is 10.5. The van der Waals surface area contributed by atoms with Crippen molar-refractivity contribution in [1.29, 1.82) is 0 Å². The highest BCUT2D eigenvalue weighted by Gasteiger charge is 2.28. The van der Waals surface area contributed by atoms with Gasteiger partial charge in [0.25, 0.3) is 5.91 Å². The second kappa shape index (κ2) is 9.54. The molecule has 158 valence electrons. The number of hydrogen-bond donors (Lipinski definition) is 1. The predicted octanol–water partition coefficient (Wildman–Crippen LogP) is 4.91. The van der Waals surface area contributed by atoms with Crippen LogP contribution in [0.2, 0.25) is 0 Å². The van der Waals surface area contributed by atoms with Gasteiger partial charge >= 0.3 is 6.18 Å². The number of halogens is 3. The summed E-state index contributed by atoms with van der Waals surface area (Å²) in [4.78, 5) is 12.4. The lowest BCUT2D eigenvalue weighted by atomic mass is 10.1. The first kappa shape index (κ1) is 22.4. The van der Waals surface area contributed by atoms with Gasteiger partial charge < -0.3 is 19.5 Å². The van der Waals surface area contributed by atoms with Crippen molar-refractivity contribution in [3.63, 3.8) is 0 Å². The molecule has 8 heteroatoms. The number of carbonyl (C=O) groups excluding carboxylic acids is 1. The van der Waals surface area contributed by atoms with Gasteiger partial charge in [0.1, 0.15) is 5.75 Å². The second-order valence-electron chi connectivity index (χ2n) is 6.70. The monoisotopic (exact) mass is 411 g/mol. The maximum atomic E-state index is 12.4. The van der Waals surface area contributed by atoms with E-state index < -0.39 is 12.8 Å². The number of methoxy groups -OCH3 is 1. The molecule has 2 rings (SSSR count). The molecule has 0 heterocycles. The number of rotatable bonds is 8. The van der Waals surface area contributed by atoms with E-state index >= 15 is 0 Å². The van der Waals surface area contributed by atoms with E-state index in [1.54, 1.807) is 12.1 Å². The molecule has 5 nitrogen and oxygen atoms in total. The molecule has 0 saturated carbocycles. The van der Waals surface area contributed by atoms with Crippen LogP contribution in [0.25, 0.3) is 0 Å². The minimum atomic E-state index is -4.41. The molecular weight excluding hydrogens is 387 g/mol. The molecule has 0 aliphatic heterocycles.